The molecular formula is C13H16F4N2. The Hall–Kier alpha value is -1.30. The fourth-order valence-electron chi connectivity index (χ4n) is 2.79. The highest BCUT2D eigenvalue weighted by atomic mass is 19.3. The summed E-state index contributed by atoms with van der Waals surface area (Å²) in [6.45, 7) is -0.0193. The van der Waals surface area contributed by atoms with Gasteiger partial charge < -0.3 is 10.6 Å². The first-order valence-electron chi connectivity index (χ1n) is 5.96. The zero-order valence-corrected chi connectivity index (χ0v) is 10.8. The molecule has 1 fully saturated rings. The van der Waals surface area contributed by atoms with Gasteiger partial charge in [-0.05, 0) is 11.6 Å². The SMILES string of the molecule is CN(C)c1c(C2(CN)CC(F)(F)C2)ccc(F)c1F. The minimum atomic E-state index is -2.78. The fraction of sp³-hybridized carbons (Fsp3) is 0.538. The molecule has 1 aliphatic rings. The molecule has 0 aromatic heterocycles. The van der Waals surface area contributed by atoms with Gasteiger partial charge in [-0.1, -0.05) is 6.07 Å². The smallest absolute Gasteiger partial charge is 0.250 e. The van der Waals surface area contributed by atoms with Gasteiger partial charge in [0, 0.05) is 38.9 Å². The molecule has 0 saturated heterocycles. The summed E-state index contributed by atoms with van der Waals surface area (Å²) in [6, 6.07) is 2.32. The molecule has 0 heterocycles. The second-order valence-electron chi connectivity index (χ2n) is 5.35. The normalized spacial score (nSPS) is 19.9. The van der Waals surface area contributed by atoms with Crippen molar-refractivity contribution in [3.05, 3.63) is 29.3 Å². The minimum Gasteiger partial charge on any atom is -0.375 e. The molecule has 2 nitrogen and oxygen atoms in total. The van der Waals surface area contributed by atoms with Gasteiger partial charge in [0.15, 0.2) is 11.6 Å². The van der Waals surface area contributed by atoms with Gasteiger partial charge in [-0.2, -0.15) is 0 Å². The molecule has 19 heavy (non-hydrogen) atoms. The molecule has 1 saturated carbocycles. The lowest BCUT2D eigenvalue weighted by molar-refractivity contribution is -0.123. The lowest BCUT2D eigenvalue weighted by Crippen LogP contribution is -2.54. The van der Waals surface area contributed by atoms with E-state index < -0.39 is 35.8 Å². The summed E-state index contributed by atoms with van der Waals surface area (Å²) in [5, 5.41) is 0. The molecule has 0 unspecified atom stereocenters. The van der Waals surface area contributed by atoms with E-state index in [2.05, 4.69) is 0 Å². The molecule has 0 atom stereocenters. The summed E-state index contributed by atoms with van der Waals surface area (Å²) < 4.78 is 53.6. The van der Waals surface area contributed by atoms with Crippen molar-refractivity contribution in [2.24, 2.45) is 5.73 Å². The van der Waals surface area contributed by atoms with E-state index in [0.29, 0.717) is 5.56 Å². The summed E-state index contributed by atoms with van der Waals surface area (Å²) in [7, 11) is 3.09. The average Bonchev–Trinajstić information content (AvgIpc) is 2.28. The van der Waals surface area contributed by atoms with Crippen molar-refractivity contribution < 1.29 is 17.6 Å². The predicted molar refractivity (Wildman–Crippen MR) is 65.6 cm³/mol. The molecule has 0 spiro atoms. The van der Waals surface area contributed by atoms with E-state index >= 15 is 0 Å². The Morgan fingerprint density at radius 1 is 1.21 bits per heavy atom. The molecule has 106 valence electrons. The summed E-state index contributed by atoms with van der Waals surface area (Å²) in [5.74, 6) is -4.80. The van der Waals surface area contributed by atoms with Gasteiger partial charge in [0.2, 0.25) is 5.92 Å². The third-order valence-electron chi connectivity index (χ3n) is 3.67. The van der Waals surface area contributed by atoms with Crippen molar-refractivity contribution in [3.63, 3.8) is 0 Å². The highest BCUT2D eigenvalue weighted by molar-refractivity contribution is 5.58. The van der Waals surface area contributed by atoms with Gasteiger partial charge in [0.05, 0.1) is 5.69 Å². The topological polar surface area (TPSA) is 29.3 Å². The van der Waals surface area contributed by atoms with Crippen LogP contribution in [-0.4, -0.2) is 26.6 Å². The van der Waals surface area contributed by atoms with Gasteiger partial charge in [0.25, 0.3) is 0 Å². The van der Waals surface area contributed by atoms with Gasteiger partial charge in [-0.3, -0.25) is 0 Å². The standard InChI is InChI=1S/C13H16F4N2/c1-19(2)11-8(3-4-9(14)10(11)15)12(7-18)5-13(16,17)6-12/h3-4H,5-7,18H2,1-2H3. The molecule has 1 aromatic carbocycles. The lowest BCUT2D eigenvalue weighted by atomic mass is 9.61. The number of nitrogens with zero attached hydrogens (tertiary/aromatic N) is 1. The summed E-state index contributed by atoms with van der Waals surface area (Å²) in [4.78, 5) is 1.39. The van der Waals surface area contributed by atoms with Crippen LogP contribution in [-0.2, 0) is 5.41 Å². The zero-order chi connectivity index (χ0) is 14.4. The lowest BCUT2D eigenvalue weighted by Gasteiger charge is -2.48. The summed E-state index contributed by atoms with van der Waals surface area (Å²) in [6.07, 6.45) is -0.856. The quantitative estimate of drug-likeness (QED) is 0.860. The number of hydrogen-bond donors (Lipinski definition) is 1. The van der Waals surface area contributed by atoms with E-state index in [0.717, 1.165) is 6.07 Å². The van der Waals surface area contributed by atoms with Crippen LogP contribution < -0.4 is 10.6 Å². The number of nitrogens with two attached hydrogens (primary N) is 1. The molecule has 0 amide bonds. The Morgan fingerprint density at radius 2 is 1.79 bits per heavy atom. The van der Waals surface area contributed by atoms with Crippen molar-refractivity contribution in [3.8, 4) is 0 Å². The van der Waals surface area contributed by atoms with Gasteiger partial charge >= 0.3 is 0 Å². The number of rotatable bonds is 3. The molecular weight excluding hydrogens is 260 g/mol. The molecule has 0 bridgehead atoms. The first-order valence-corrected chi connectivity index (χ1v) is 5.96. The van der Waals surface area contributed by atoms with E-state index in [-0.39, 0.29) is 12.2 Å². The van der Waals surface area contributed by atoms with E-state index in [1.165, 1.54) is 11.0 Å². The third kappa shape index (κ3) is 2.18. The average molecular weight is 276 g/mol. The maximum atomic E-state index is 13.9. The minimum absolute atomic E-state index is 0.000880. The van der Waals surface area contributed by atoms with Crippen LogP contribution in [0.15, 0.2) is 12.1 Å². The van der Waals surface area contributed by atoms with Crippen molar-refractivity contribution >= 4 is 5.69 Å². The number of benzene rings is 1. The number of hydrogen-bond acceptors (Lipinski definition) is 2. The fourth-order valence-corrected chi connectivity index (χ4v) is 2.79. The van der Waals surface area contributed by atoms with Crippen LogP contribution in [0.2, 0.25) is 0 Å². The van der Waals surface area contributed by atoms with Gasteiger partial charge in [0.1, 0.15) is 0 Å². The number of anilines is 1. The molecule has 0 radical (unpaired) electrons. The first kappa shape index (κ1) is 14.1. The van der Waals surface area contributed by atoms with Crippen LogP contribution in [0.1, 0.15) is 18.4 Å². The predicted octanol–water partition coefficient (Wildman–Crippen LogP) is 2.66. The highest BCUT2D eigenvalue weighted by Gasteiger charge is 2.57. The highest BCUT2D eigenvalue weighted by Crippen LogP contribution is 2.55. The Labute approximate surface area is 109 Å². The van der Waals surface area contributed by atoms with Crippen LogP contribution in [0.25, 0.3) is 0 Å². The Balaban J connectivity index is 2.54. The van der Waals surface area contributed by atoms with Crippen molar-refractivity contribution in [2.45, 2.75) is 24.2 Å². The van der Waals surface area contributed by atoms with E-state index in [1.54, 1.807) is 14.1 Å². The van der Waals surface area contributed by atoms with Crippen LogP contribution in [0.3, 0.4) is 0 Å². The Kier molecular flexibility index (Phi) is 3.24. The number of halogens is 4. The largest absolute Gasteiger partial charge is 0.375 e. The zero-order valence-electron chi connectivity index (χ0n) is 10.8. The maximum absolute atomic E-state index is 13.9. The van der Waals surface area contributed by atoms with Crippen molar-refractivity contribution in [1.82, 2.24) is 0 Å². The second kappa shape index (κ2) is 4.37. The van der Waals surface area contributed by atoms with Crippen LogP contribution >= 0.6 is 0 Å². The molecule has 1 aromatic rings. The van der Waals surface area contributed by atoms with Crippen molar-refractivity contribution in [2.75, 3.05) is 25.5 Å². The number of alkyl halides is 2. The molecule has 0 aliphatic heterocycles. The molecule has 2 N–H and O–H groups in total. The molecule has 1 aliphatic carbocycles. The first-order chi connectivity index (χ1) is 8.72. The third-order valence-corrected chi connectivity index (χ3v) is 3.67. The molecule has 6 heteroatoms. The Bertz CT molecular complexity index is 492. The molecule has 2 rings (SSSR count). The van der Waals surface area contributed by atoms with E-state index in [4.69, 9.17) is 5.73 Å². The second-order valence-corrected chi connectivity index (χ2v) is 5.35. The van der Waals surface area contributed by atoms with Gasteiger partial charge in [-0.15, -0.1) is 0 Å². The van der Waals surface area contributed by atoms with Crippen molar-refractivity contribution in [1.29, 1.82) is 0 Å². The monoisotopic (exact) mass is 276 g/mol. The maximum Gasteiger partial charge on any atom is 0.250 e. The van der Waals surface area contributed by atoms with Crippen LogP contribution in [0, 0.1) is 11.6 Å². The van der Waals surface area contributed by atoms with Gasteiger partial charge in [-0.25, -0.2) is 17.6 Å². The summed E-state index contributed by atoms with van der Waals surface area (Å²) >= 11 is 0. The van der Waals surface area contributed by atoms with Crippen LogP contribution in [0.4, 0.5) is 23.2 Å². The van der Waals surface area contributed by atoms with Crippen LogP contribution in [0.5, 0.6) is 0 Å². The Morgan fingerprint density at radius 3 is 2.21 bits per heavy atom. The van der Waals surface area contributed by atoms with E-state index in [9.17, 15) is 17.6 Å². The van der Waals surface area contributed by atoms with E-state index in [1.807, 2.05) is 0 Å². The summed E-state index contributed by atoms with van der Waals surface area (Å²) in [5.41, 5.74) is 4.99.